The number of rotatable bonds is 5. The SMILES string of the molecule is CNC(=O)CNC(=O)COC(=O)c1ccc2ccccc2c1. The van der Waals surface area contributed by atoms with Crippen molar-refractivity contribution >= 4 is 28.6 Å². The zero-order valence-electron chi connectivity index (χ0n) is 12.1. The molecule has 0 aliphatic carbocycles. The molecule has 2 N–H and O–H groups in total. The summed E-state index contributed by atoms with van der Waals surface area (Å²) in [4.78, 5) is 34.3. The molecule has 0 heterocycles. The summed E-state index contributed by atoms with van der Waals surface area (Å²) in [5, 5.41) is 6.64. The van der Waals surface area contributed by atoms with Crippen molar-refractivity contribution in [2.45, 2.75) is 0 Å². The maximum Gasteiger partial charge on any atom is 0.338 e. The van der Waals surface area contributed by atoms with Gasteiger partial charge in [0.15, 0.2) is 6.61 Å². The van der Waals surface area contributed by atoms with Crippen LogP contribution in [0.5, 0.6) is 0 Å². The molecule has 2 amide bonds. The molecule has 0 spiro atoms. The van der Waals surface area contributed by atoms with E-state index in [0.29, 0.717) is 5.56 Å². The molecule has 0 atom stereocenters. The van der Waals surface area contributed by atoms with Gasteiger partial charge < -0.3 is 15.4 Å². The van der Waals surface area contributed by atoms with Crippen LogP contribution in [0.1, 0.15) is 10.4 Å². The summed E-state index contributed by atoms with van der Waals surface area (Å²) >= 11 is 0. The van der Waals surface area contributed by atoms with Gasteiger partial charge in [0.1, 0.15) is 0 Å². The Labute approximate surface area is 127 Å². The summed E-state index contributed by atoms with van der Waals surface area (Å²) in [7, 11) is 1.47. The minimum Gasteiger partial charge on any atom is -0.452 e. The summed E-state index contributed by atoms with van der Waals surface area (Å²) in [5.74, 6) is -1.44. The monoisotopic (exact) mass is 300 g/mol. The first-order chi connectivity index (χ1) is 10.6. The predicted octanol–water partition coefficient (Wildman–Crippen LogP) is 0.859. The topological polar surface area (TPSA) is 84.5 Å². The van der Waals surface area contributed by atoms with E-state index in [2.05, 4.69) is 10.6 Å². The maximum absolute atomic E-state index is 11.9. The molecule has 0 fully saturated rings. The van der Waals surface area contributed by atoms with Gasteiger partial charge in [0, 0.05) is 7.05 Å². The summed E-state index contributed by atoms with van der Waals surface area (Å²) in [6, 6.07) is 12.8. The van der Waals surface area contributed by atoms with Crippen molar-refractivity contribution in [2.24, 2.45) is 0 Å². The quantitative estimate of drug-likeness (QED) is 0.802. The Morgan fingerprint density at radius 3 is 2.45 bits per heavy atom. The normalized spacial score (nSPS) is 10.0. The van der Waals surface area contributed by atoms with Crippen LogP contribution in [-0.2, 0) is 14.3 Å². The molecule has 0 aliphatic rings. The van der Waals surface area contributed by atoms with Crippen molar-refractivity contribution < 1.29 is 19.1 Å². The fraction of sp³-hybridized carbons (Fsp3) is 0.188. The lowest BCUT2D eigenvalue weighted by atomic mass is 10.1. The third-order valence-electron chi connectivity index (χ3n) is 3.04. The minimum absolute atomic E-state index is 0.150. The number of hydrogen-bond acceptors (Lipinski definition) is 4. The lowest BCUT2D eigenvalue weighted by molar-refractivity contribution is -0.127. The number of amides is 2. The molecule has 0 saturated heterocycles. The van der Waals surface area contributed by atoms with E-state index in [1.165, 1.54) is 7.05 Å². The van der Waals surface area contributed by atoms with Gasteiger partial charge in [0.25, 0.3) is 5.91 Å². The van der Waals surface area contributed by atoms with Gasteiger partial charge in [-0.3, -0.25) is 9.59 Å². The maximum atomic E-state index is 11.9. The van der Waals surface area contributed by atoms with Crippen molar-refractivity contribution in [3.63, 3.8) is 0 Å². The summed E-state index contributed by atoms with van der Waals surface area (Å²) in [6.07, 6.45) is 0. The molecule has 0 saturated carbocycles. The van der Waals surface area contributed by atoms with Crippen LogP contribution < -0.4 is 10.6 Å². The number of nitrogens with one attached hydrogen (secondary N) is 2. The number of fused-ring (bicyclic) bond motifs is 1. The van der Waals surface area contributed by atoms with Gasteiger partial charge in [0.05, 0.1) is 12.1 Å². The van der Waals surface area contributed by atoms with E-state index in [4.69, 9.17) is 4.74 Å². The average Bonchev–Trinajstić information content (AvgIpc) is 2.56. The number of hydrogen-bond donors (Lipinski definition) is 2. The van der Waals surface area contributed by atoms with Gasteiger partial charge in [-0.15, -0.1) is 0 Å². The van der Waals surface area contributed by atoms with E-state index in [-0.39, 0.29) is 12.5 Å². The molecule has 22 heavy (non-hydrogen) atoms. The Balaban J connectivity index is 1.91. The predicted molar refractivity (Wildman–Crippen MR) is 81.3 cm³/mol. The summed E-state index contributed by atoms with van der Waals surface area (Å²) < 4.78 is 4.92. The Hall–Kier alpha value is -2.89. The molecule has 2 rings (SSSR count). The molecule has 0 unspecified atom stereocenters. The lowest BCUT2D eigenvalue weighted by Crippen LogP contribution is -2.37. The second-order valence-electron chi connectivity index (χ2n) is 4.59. The number of likely N-dealkylation sites (N-methyl/N-ethyl adjacent to an activating group) is 1. The van der Waals surface area contributed by atoms with Crippen LogP contribution in [-0.4, -0.2) is 38.0 Å². The van der Waals surface area contributed by atoms with Gasteiger partial charge in [-0.2, -0.15) is 0 Å². The number of carbonyl (C=O) groups is 3. The van der Waals surface area contributed by atoms with Crippen molar-refractivity contribution in [1.29, 1.82) is 0 Å². The third-order valence-corrected chi connectivity index (χ3v) is 3.04. The van der Waals surface area contributed by atoms with Crippen LogP contribution in [0.2, 0.25) is 0 Å². The van der Waals surface area contributed by atoms with Crippen molar-refractivity contribution in [2.75, 3.05) is 20.2 Å². The number of carbonyl (C=O) groups excluding carboxylic acids is 3. The molecular formula is C16H16N2O4. The van der Waals surface area contributed by atoms with Crippen LogP contribution in [0.3, 0.4) is 0 Å². The van der Waals surface area contributed by atoms with Gasteiger partial charge in [-0.1, -0.05) is 30.3 Å². The highest BCUT2D eigenvalue weighted by molar-refractivity contribution is 5.96. The highest BCUT2D eigenvalue weighted by Crippen LogP contribution is 2.16. The van der Waals surface area contributed by atoms with Crippen LogP contribution >= 0.6 is 0 Å². The second kappa shape index (κ2) is 7.21. The fourth-order valence-corrected chi connectivity index (χ4v) is 1.85. The molecule has 6 nitrogen and oxygen atoms in total. The standard InChI is InChI=1S/C16H16N2O4/c1-17-14(19)9-18-15(20)10-22-16(21)13-7-6-11-4-2-3-5-12(11)8-13/h2-8H,9-10H2,1H3,(H,17,19)(H,18,20). The Morgan fingerprint density at radius 2 is 1.73 bits per heavy atom. The second-order valence-corrected chi connectivity index (χ2v) is 4.59. The average molecular weight is 300 g/mol. The van der Waals surface area contributed by atoms with E-state index in [9.17, 15) is 14.4 Å². The number of ether oxygens (including phenoxy) is 1. The molecule has 114 valence electrons. The van der Waals surface area contributed by atoms with Gasteiger partial charge >= 0.3 is 5.97 Å². The van der Waals surface area contributed by atoms with E-state index >= 15 is 0 Å². The molecular weight excluding hydrogens is 284 g/mol. The van der Waals surface area contributed by atoms with E-state index < -0.39 is 18.5 Å². The summed E-state index contributed by atoms with van der Waals surface area (Å²) in [6.45, 7) is -0.578. The van der Waals surface area contributed by atoms with Crippen LogP contribution in [0.4, 0.5) is 0 Å². The number of benzene rings is 2. The smallest absolute Gasteiger partial charge is 0.338 e. The van der Waals surface area contributed by atoms with Crippen molar-refractivity contribution in [3.8, 4) is 0 Å². The van der Waals surface area contributed by atoms with Gasteiger partial charge in [-0.05, 0) is 22.9 Å². The first-order valence-electron chi connectivity index (χ1n) is 6.73. The zero-order chi connectivity index (χ0) is 15.9. The zero-order valence-corrected chi connectivity index (χ0v) is 12.1. The van der Waals surface area contributed by atoms with Crippen molar-refractivity contribution in [3.05, 3.63) is 48.0 Å². The molecule has 0 aliphatic heterocycles. The van der Waals surface area contributed by atoms with Crippen LogP contribution in [0.25, 0.3) is 10.8 Å². The molecule has 6 heteroatoms. The Bertz CT molecular complexity index is 712. The molecule has 0 aromatic heterocycles. The van der Waals surface area contributed by atoms with Crippen molar-refractivity contribution in [1.82, 2.24) is 10.6 Å². The van der Waals surface area contributed by atoms with E-state index in [1.54, 1.807) is 12.1 Å². The first-order valence-corrected chi connectivity index (χ1v) is 6.73. The molecule has 2 aromatic rings. The van der Waals surface area contributed by atoms with Gasteiger partial charge in [0.2, 0.25) is 5.91 Å². The largest absolute Gasteiger partial charge is 0.452 e. The molecule has 0 bridgehead atoms. The Kier molecular flexibility index (Phi) is 5.08. The lowest BCUT2D eigenvalue weighted by Gasteiger charge is -2.06. The van der Waals surface area contributed by atoms with Gasteiger partial charge in [-0.25, -0.2) is 4.79 Å². The van der Waals surface area contributed by atoms with Crippen LogP contribution in [0, 0.1) is 0 Å². The number of esters is 1. The first kappa shape index (κ1) is 15.5. The van der Waals surface area contributed by atoms with Crippen LogP contribution in [0.15, 0.2) is 42.5 Å². The highest BCUT2D eigenvalue weighted by atomic mass is 16.5. The Morgan fingerprint density at radius 1 is 1.00 bits per heavy atom. The third kappa shape index (κ3) is 4.05. The molecule has 0 radical (unpaired) electrons. The van der Waals surface area contributed by atoms with E-state index in [0.717, 1.165) is 10.8 Å². The highest BCUT2D eigenvalue weighted by Gasteiger charge is 2.11. The van der Waals surface area contributed by atoms with E-state index in [1.807, 2.05) is 30.3 Å². The summed E-state index contributed by atoms with van der Waals surface area (Å²) in [5.41, 5.74) is 0.373. The molecule has 2 aromatic carbocycles. The fourth-order valence-electron chi connectivity index (χ4n) is 1.85. The minimum atomic E-state index is -0.583.